The Morgan fingerprint density at radius 3 is 2.59 bits per heavy atom. The second kappa shape index (κ2) is 14.1. The number of phenols is 2. The molecule has 5 heterocycles. The molecule has 0 saturated carbocycles. The number of nitrogens with two attached hydrogens (primary N) is 1. The number of nitrogen functional groups attached to an aromatic ring is 1. The van der Waals surface area contributed by atoms with Gasteiger partial charge in [-0.3, -0.25) is 19.3 Å². The fourth-order valence-corrected chi connectivity index (χ4v) is 8.08. The SMILES string of the molecule is Nc1nc(/C(=N/OCc2cc(C(=O)O)cc(O)c2O)C(=O)N[C@@H]2C(=O)N3C(C(=O)O)=C(CSc4cc(CC(=O)O)nc5ncnn45)CS[C@H]23)cs1. The summed E-state index contributed by atoms with van der Waals surface area (Å²) in [5, 5.41) is 60.2. The fraction of sp³-hybridized carbons (Fsp3) is 0.214. The molecule has 1 fully saturated rings. The van der Waals surface area contributed by atoms with Gasteiger partial charge in [0.2, 0.25) is 0 Å². The van der Waals surface area contributed by atoms with E-state index in [4.69, 9.17) is 10.6 Å². The molecular weight excluding hydrogens is 735 g/mol. The van der Waals surface area contributed by atoms with Crippen molar-refractivity contribution < 1.29 is 54.3 Å². The predicted octanol–water partition coefficient (Wildman–Crippen LogP) is 0.351. The number of aromatic carboxylic acids is 1. The first-order valence-corrected chi connectivity index (χ1v) is 17.2. The normalized spacial score (nSPS) is 17.2. The highest BCUT2D eigenvalue weighted by atomic mass is 32.2. The first-order valence-electron chi connectivity index (χ1n) is 14.3. The van der Waals surface area contributed by atoms with Crippen molar-refractivity contribution in [3.8, 4) is 11.5 Å². The molecule has 4 aromatic rings. The summed E-state index contributed by atoms with van der Waals surface area (Å²) >= 11 is 3.34. The number of β-lactam (4-membered cyclic amide) rings is 1. The van der Waals surface area contributed by atoms with E-state index in [0.717, 1.165) is 40.1 Å². The number of fused-ring (bicyclic) bond motifs is 2. The van der Waals surface area contributed by atoms with Crippen LogP contribution in [0.15, 0.2) is 51.4 Å². The average molecular weight is 758 g/mol. The van der Waals surface area contributed by atoms with E-state index in [1.165, 1.54) is 34.1 Å². The predicted molar refractivity (Wildman–Crippen MR) is 177 cm³/mol. The van der Waals surface area contributed by atoms with E-state index >= 15 is 0 Å². The Hall–Kier alpha value is -5.94. The molecule has 0 unspecified atom stereocenters. The fourth-order valence-electron chi connectivity index (χ4n) is 5.02. The maximum atomic E-state index is 13.5. The highest BCUT2D eigenvalue weighted by molar-refractivity contribution is 8.01. The maximum Gasteiger partial charge on any atom is 0.352 e. The largest absolute Gasteiger partial charge is 0.504 e. The molecule has 8 N–H and O–H groups in total. The van der Waals surface area contributed by atoms with Crippen molar-refractivity contribution in [1.82, 2.24) is 34.8 Å². The van der Waals surface area contributed by atoms with Gasteiger partial charge in [-0.15, -0.1) is 34.9 Å². The number of amides is 2. The van der Waals surface area contributed by atoms with Crippen LogP contribution < -0.4 is 11.1 Å². The van der Waals surface area contributed by atoms with Gasteiger partial charge in [0.25, 0.3) is 17.6 Å². The first-order chi connectivity index (χ1) is 24.3. The lowest BCUT2D eigenvalue weighted by atomic mass is 10.0. The monoisotopic (exact) mass is 757 g/mol. The summed E-state index contributed by atoms with van der Waals surface area (Å²) in [5.41, 5.74) is 5.13. The molecule has 2 amide bonds. The standard InChI is InChI=1S/C28H23N9O11S3/c29-27-33-14(8-51-27)18(35-48-5-11-1-10(25(44)45)2-15(38)21(11)41)22(42)34-19-23(43)36-20(26(46)47)12(7-50-24(19)36)6-49-16-3-13(4-17(39)40)32-28-30-9-31-37(16)28/h1-3,8-9,19,24,38,41H,4-7H2,(H2,29,33)(H,34,42)(H,39,40)(H,44,45)(H,46,47)/b35-18-/t19-,24-/m1/s1. The molecule has 1 aromatic carbocycles. The molecule has 6 rings (SSSR count). The molecule has 23 heteroatoms. The van der Waals surface area contributed by atoms with E-state index in [0.29, 0.717) is 10.6 Å². The summed E-state index contributed by atoms with van der Waals surface area (Å²) in [6.07, 6.45) is 0.881. The molecule has 0 radical (unpaired) electrons. The van der Waals surface area contributed by atoms with E-state index in [2.05, 4.69) is 30.5 Å². The number of rotatable bonds is 13. The van der Waals surface area contributed by atoms with E-state index in [1.54, 1.807) is 0 Å². The first kappa shape index (κ1) is 34.9. The van der Waals surface area contributed by atoms with Gasteiger partial charge < -0.3 is 41.4 Å². The van der Waals surface area contributed by atoms with Crippen LogP contribution in [-0.2, 0) is 37.0 Å². The Balaban J connectivity index is 1.18. The summed E-state index contributed by atoms with van der Waals surface area (Å²) in [6, 6.07) is 2.22. The van der Waals surface area contributed by atoms with E-state index in [9.17, 15) is 49.5 Å². The summed E-state index contributed by atoms with van der Waals surface area (Å²) in [7, 11) is 0. The van der Waals surface area contributed by atoms with Crippen LogP contribution in [0.25, 0.3) is 5.78 Å². The smallest absolute Gasteiger partial charge is 0.352 e. The van der Waals surface area contributed by atoms with Gasteiger partial charge in [0.05, 0.1) is 17.7 Å². The molecular formula is C28H23N9O11S3. The Labute approximate surface area is 296 Å². The van der Waals surface area contributed by atoms with Crippen LogP contribution in [0.3, 0.4) is 0 Å². The zero-order valence-corrected chi connectivity index (χ0v) is 27.9. The van der Waals surface area contributed by atoms with Crippen molar-refractivity contribution in [3.05, 3.63) is 63.7 Å². The Morgan fingerprint density at radius 1 is 1.12 bits per heavy atom. The number of oxime groups is 1. The molecule has 20 nitrogen and oxygen atoms in total. The molecule has 1 saturated heterocycles. The number of carboxylic acid groups (broad SMARTS) is 3. The third-order valence-electron chi connectivity index (χ3n) is 7.31. The van der Waals surface area contributed by atoms with Gasteiger partial charge in [0.1, 0.15) is 40.8 Å². The zero-order chi connectivity index (χ0) is 36.6. The number of nitrogens with zero attached hydrogens (tertiary/aromatic N) is 7. The van der Waals surface area contributed by atoms with Crippen molar-refractivity contribution in [2.24, 2.45) is 5.16 Å². The van der Waals surface area contributed by atoms with Gasteiger partial charge >= 0.3 is 17.9 Å². The number of hydrogen-bond donors (Lipinski definition) is 7. The number of hydrogen-bond acceptors (Lipinski definition) is 17. The zero-order valence-electron chi connectivity index (χ0n) is 25.5. The molecule has 0 aliphatic carbocycles. The van der Waals surface area contributed by atoms with Crippen LogP contribution in [0.2, 0.25) is 0 Å². The third kappa shape index (κ3) is 7.06. The highest BCUT2D eigenvalue weighted by Gasteiger charge is 2.54. The number of carbonyl (C=O) groups excluding carboxylic acids is 2. The molecule has 0 spiro atoms. The Kier molecular flexibility index (Phi) is 9.67. The summed E-state index contributed by atoms with van der Waals surface area (Å²) in [5.74, 6) is -6.44. The second-order valence-electron chi connectivity index (χ2n) is 10.6. The van der Waals surface area contributed by atoms with E-state index in [-0.39, 0.29) is 57.0 Å². The molecule has 264 valence electrons. The van der Waals surface area contributed by atoms with Crippen LogP contribution in [0, 0.1) is 0 Å². The van der Waals surface area contributed by atoms with Crippen molar-refractivity contribution >= 4 is 81.2 Å². The molecule has 0 bridgehead atoms. The van der Waals surface area contributed by atoms with Crippen molar-refractivity contribution in [1.29, 1.82) is 0 Å². The molecule has 2 aliphatic heterocycles. The number of aromatic nitrogens is 5. The Bertz CT molecular complexity index is 2180. The van der Waals surface area contributed by atoms with E-state index < -0.39 is 65.0 Å². The van der Waals surface area contributed by atoms with Crippen LogP contribution in [0.4, 0.5) is 5.13 Å². The summed E-state index contributed by atoms with van der Waals surface area (Å²) in [6.45, 7) is -0.581. The topological polar surface area (TPSA) is 305 Å². The Morgan fingerprint density at radius 2 is 1.90 bits per heavy atom. The van der Waals surface area contributed by atoms with Gasteiger partial charge in [-0.05, 0) is 23.8 Å². The lowest BCUT2D eigenvalue weighted by molar-refractivity contribution is -0.150. The number of carboxylic acids is 3. The minimum atomic E-state index is -1.38. The number of phenolic OH excluding ortho intramolecular Hbond substituents is 2. The minimum Gasteiger partial charge on any atom is -0.504 e. The van der Waals surface area contributed by atoms with Crippen LogP contribution >= 0.6 is 34.9 Å². The molecule has 51 heavy (non-hydrogen) atoms. The third-order valence-corrected chi connectivity index (χ3v) is 10.4. The lowest BCUT2D eigenvalue weighted by Gasteiger charge is -2.49. The quantitative estimate of drug-likeness (QED) is 0.0242. The van der Waals surface area contributed by atoms with Crippen LogP contribution in [-0.4, -0.2) is 113 Å². The molecule has 3 aromatic heterocycles. The number of thioether (sulfide) groups is 2. The lowest BCUT2D eigenvalue weighted by Crippen LogP contribution is -2.71. The van der Waals surface area contributed by atoms with Gasteiger partial charge in [-0.1, -0.05) is 5.16 Å². The summed E-state index contributed by atoms with van der Waals surface area (Å²) in [4.78, 5) is 80.4. The number of nitrogens with one attached hydrogen (secondary N) is 1. The maximum absolute atomic E-state index is 13.5. The average Bonchev–Trinajstić information content (AvgIpc) is 3.74. The van der Waals surface area contributed by atoms with Crippen molar-refractivity contribution in [2.45, 2.75) is 29.5 Å². The number of aliphatic carboxylic acids is 2. The number of anilines is 1. The highest BCUT2D eigenvalue weighted by Crippen LogP contribution is 2.42. The van der Waals surface area contributed by atoms with Crippen molar-refractivity contribution in [2.75, 3.05) is 17.2 Å². The van der Waals surface area contributed by atoms with E-state index in [1.807, 2.05) is 0 Å². The van der Waals surface area contributed by atoms with Gasteiger partial charge in [0.15, 0.2) is 22.3 Å². The molecule has 2 atom stereocenters. The van der Waals surface area contributed by atoms with Gasteiger partial charge in [0, 0.05) is 22.4 Å². The number of carbonyl (C=O) groups is 5. The minimum absolute atomic E-state index is 0.0316. The van der Waals surface area contributed by atoms with Gasteiger partial charge in [-0.2, -0.15) is 14.6 Å². The number of thiazole rings is 1. The van der Waals surface area contributed by atoms with Gasteiger partial charge in [-0.25, -0.2) is 19.6 Å². The van der Waals surface area contributed by atoms with Crippen molar-refractivity contribution in [3.63, 3.8) is 0 Å². The molecule has 2 aliphatic rings. The summed E-state index contributed by atoms with van der Waals surface area (Å²) < 4.78 is 1.38. The van der Waals surface area contributed by atoms with Crippen LogP contribution in [0.5, 0.6) is 11.5 Å². The second-order valence-corrected chi connectivity index (χ2v) is 13.6. The number of aromatic hydroxyl groups is 2. The number of benzene rings is 1. The van der Waals surface area contributed by atoms with Crippen LogP contribution in [0.1, 0.15) is 27.3 Å².